The molecule has 0 aromatic carbocycles. The van der Waals surface area contributed by atoms with Gasteiger partial charge in [-0.3, -0.25) is 0 Å². The van der Waals surface area contributed by atoms with E-state index < -0.39 is 0 Å². The summed E-state index contributed by atoms with van der Waals surface area (Å²) in [5.41, 5.74) is 0. The highest BCUT2D eigenvalue weighted by molar-refractivity contribution is 4.21. The fourth-order valence-corrected chi connectivity index (χ4v) is 0. The van der Waals surface area contributed by atoms with Crippen molar-refractivity contribution in [2.75, 3.05) is 0 Å². The first-order valence-electron chi connectivity index (χ1n) is 4.24. The van der Waals surface area contributed by atoms with Gasteiger partial charge in [-0.2, -0.15) is 0 Å². The number of hydrogen-bond donors (Lipinski definition) is 6. The standard InChI is InChI=1S/3C3H8O.3H3N/c3*1-3(2)4;;;/h3*3-4H,1-2H3;3*1H3. The second-order valence-electron chi connectivity index (χ2n) is 3.28. The Morgan fingerprint density at radius 1 is 0.467 bits per heavy atom. The molecule has 0 bridgehead atoms. The zero-order valence-corrected chi connectivity index (χ0v) is 11.2. The van der Waals surface area contributed by atoms with Crippen molar-refractivity contribution >= 4 is 0 Å². The molecule has 0 saturated heterocycles. The van der Waals surface area contributed by atoms with Gasteiger partial charge in [-0.05, 0) is 41.5 Å². The fraction of sp³-hybridized carbons (Fsp3) is 1.00. The first kappa shape index (κ1) is 36.4. The third kappa shape index (κ3) is 33000. The van der Waals surface area contributed by atoms with Crippen LogP contribution in [0.4, 0.5) is 0 Å². The van der Waals surface area contributed by atoms with Gasteiger partial charge in [-0.25, -0.2) is 0 Å². The van der Waals surface area contributed by atoms with Crippen LogP contribution in [-0.4, -0.2) is 33.6 Å². The topological polar surface area (TPSA) is 166 Å². The van der Waals surface area contributed by atoms with E-state index in [0.717, 1.165) is 0 Å². The smallest absolute Gasteiger partial charge is 0.0483 e. The van der Waals surface area contributed by atoms with Crippen LogP contribution in [0.25, 0.3) is 0 Å². The zero-order chi connectivity index (χ0) is 10.7. The van der Waals surface area contributed by atoms with Crippen LogP contribution in [0.5, 0.6) is 0 Å². The molecule has 102 valence electrons. The van der Waals surface area contributed by atoms with Gasteiger partial charge < -0.3 is 33.8 Å². The minimum absolute atomic E-state index is 0. The van der Waals surface area contributed by atoms with E-state index >= 15 is 0 Å². The third-order valence-electron chi connectivity index (χ3n) is 0. The summed E-state index contributed by atoms with van der Waals surface area (Å²) in [5, 5.41) is 24.2. The maximum Gasteiger partial charge on any atom is 0.0483 e. The molecule has 0 fully saturated rings. The monoisotopic (exact) mass is 231 g/mol. The molecule has 0 atom stereocenters. The Hall–Kier alpha value is -0.240. The minimum atomic E-state index is -0.167. The van der Waals surface area contributed by atoms with Gasteiger partial charge in [-0.15, -0.1) is 0 Å². The van der Waals surface area contributed by atoms with Crippen molar-refractivity contribution in [2.45, 2.75) is 59.9 Å². The molecular formula is C9H33N3O3. The number of aliphatic hydroxyl groups is 3. The molecule has 0 aliphatic heterocycles. The molecule has 6 nitrogen and oxygen atoms in total. The van der Waals surface area contributed by atoms with Crippen LogP contribution in [0.1, 0.15) is 41.5 Å². The summed E-state index contributed by atoms with van der Waals surface area (Å²) in [5.74, 6) is 0. The number of aliphatic hydroxyl groups excluding tert-OH is 3. The molecule has 0 unspecified atom stereocenters. The van der Waals surface area contributed by atoms with Gasteiger partial charge in [0.25, 0.3) is 0 Å². The molecule has 0 aromatic rings. The predicted octanol–water partition coefficient (Wildman–Crippen LogP) is 1.65. The maximum atomic E-state index is 8.06. The molecule has 0 aliphatic carbocycles. The summed E-state index contributed by atoms with van der Waals surface area (Å²) in [4.78, 5) is 0. The van der Waals surface area contributed by atoms with Gasteiger partial charge in [0.2, 0.25) is 0 Å². The SMILES string of the molecule is CC(C)O.CC(C)O.CC(C)O.N.N.N. The zero-order valence-electron chi connectivity index (χ0n) is 11.2. The first-order valence-corrected chi connectivity index (χ1v) is 4.24. The van der Waals surface area contributed by atoms with Crippen LogP contribution in [0, 0.1) is 0 Å². The maximum absolute atomic E-state index is 8.06. The highest BCUT2D eigenvalue weighted by Gasteiger charge is 1.70. The Bertz CT molecular complexity index is 49.1. The number of rotatable bonds is 0. The summed E-state index contributed by atoms with van der Waals surface area (Å²) in [6.45, 7) is 10.3. The van der Waals surface area contributed by atoms with E-state index in [1.807, 2.05) is 0 Å². The molecular weight excluding hydrogens is 198 g/mol. The Kier molecular flexibility index (Phi) is 70.9. The molecule has 0 saturated carbocycles. The second kappa shape index (κ2) is 29.2. The minimum Gasteiger partial charge on any atom is -0.394 e. The van der Waals surface area contributed by atoms with E-state index in [1.165, 1.54) is 0 Å². The second-order valence-corrected chi connectivity index (χ2v) is 3.28. The van der Waals surface area contributed by atoms with Gasteiger partial charge in [0.05, 0.1) is 0 Å². The molecule has 0 aliphatic rings. The normalized spacial score (nSPS) is 7.20. The predicted molar refractivity (Wildman–Crippen MR) is 67.1 cm³/mol. The molecule has 0 aromatic heterocycles. The van der Waals surface area contributed by atoms with Gasteiger partial charge >= 0.3 is 0 Å². The molecule has 0 spiro atoms. The van der Waals surface area contributed by atoms with E-state index in [4.69, 9.17) is 15.3 Å². The van der Waals surface area contributed by atoms with Gasteiger partial charge in [-0.1, -0.05) is 0 Å². The van der Waals surface area contributed by atoms with Crippen LogP contribution >= 0.6 is 0 Å². The molecule has 15 heavy (non-hydrogen) atoms. The Morgan fingerprint density at radius 3 is 0.467 bits per heavy atom. The van der Waals surface area contributed by atoms with E-state index in [9.17, 15) is 0 Å². The summed E-state index contributed by atoms with van der Waals surface area (Å²) in [7, 11) is 0. The first-order chi connectivity index (χ1) is 5.20. The van der Waals surface area contributed by atoms with Crippen LogP contribution in [0.3, 0.4) is 0 Å². The lowest BCUT2D eigenvalue weighted by Crippen LogP contribution is -1.85. The van der Waals surface area contributed by atoms with Crippen LogP contribution in [0.2, 0.25) is 0 Å². The van der Waals surface area contributed by atoms with Crippen LogP contribution in [0.15, 0.2) is 0 Å². The van der Waals surface area contributed by atoms with E-state index in [1.54, 1.807) is 41.5 Å². The molecule has 6 heteroatoms. The summed E-state index contributed by atoms with van der Waals surface area (Å²) >= 11 is 0. The lowest BCUT2D eigenvalue weighted by molar-refractivity contribution is 0.215. The van der Waals surface area contributed by atoms with Crippen molar-refractivity contribution in [3.05, 3.63) is 0 Å². The Balaban J connectivity index is -0.0000000184. The van der Waals surface area contributed by atoms with Crippen molar-refractivity contribution in [1.29, 1.82) is 0 Å². The van der Waals surface area contributed by atoms with E-state index in [-0.39, 0.29) is 36.8 Å². The third-order valence-corrected chi connectivity index (χ3v) is 0. The summed E-state index contributed by atoms with van der Waals surface area (Å²) < 4.78 is 0. The van der Waals surface area contributed by atoms with Gasteiger partial charge in [0.15, 0.2) is 0 Å². The molecule has 0 rings (SSSR count). The highest BCUT2D eigenvalue weighted by atomic mass is 16.3. The average Bonchev–Trinajstić information content (AvgIpc) is 1.54. The van der Waals surface area contributed by atoms with Crippen molar-refractivity contribution in [3.63, 3.8) is 0 Å². The largest absolute Gasteiger partial charge is 0.394 e. The highest BCUT2D eigenvalue weighted by Crippen LogP contribution is 1.65. The van der Waals surface area contributed by atoms with Crippen LogP contribution < -0.4 is 18.5 Å². The molecule has 12 N–H and O–H groups in total. The lowest BCUT2D eigenvalue weighted by atomic mass is 10.5. The molecule has 0 radical (unpaired) electrons. The van der Waals surface area contributed by atoms with Crippen molar-refractivity contribution in [2.24, 2.45) is 0 Å². The van der Waals surface area contributed by atoms with Crippen molar-refractivity contribution in [3.8, 4) is 0 Å². The lowest BCUT2D eigenvalue weighted by Gasteiger charge is -1.80. The molecule has 0 heterocycles. The van der Waals surface area contributed by atoms with Crippen molar-refractivity contribution in [1.82, 2.24) is 18.5 Å². The average molecular weight is 231 g/mol. The van der Waals surface area contributed by atoms with Crippen LogP contribution in [-0.2, 0) is 0 Å². The summed E-state index contributed by atoms with van der Waals surface area (Å²) in [6, 6.07) is 0. The van der Waals surface area contributed by atoms with Gasteiger partial charge in [0.1, 0.15) is 0 Å². The fourth-order valence-electron chi connectivity index (χ4n) is 0. The molecule has 0 amide bonds. The Labute approximate surface area is 94.5 Å². The van der Waals surface area contributed by atoms with Gasteiger partial charge in [0, 0.05) is 18.3 Å². The quantitative estimate of drug-likeness (QED) is 0.370. The van der Waals surface area contributed by atoms with Crippen molar-refractivity contribution < 1.29 is 15.3 Å². The number of hydrogen-bond acceptors (Lipinski definition) is 6. The van der Waals surface area contributed by atoms with E-state index in [2.05, 4.69) is 0 Å². The Morgan fingerprint density at radius 2 is 0.467 bits per heavy atom. The van der Waals surface area contributed by atoms with E-state index in [0.29, 0.717) is 0 Å². The summed E-state index contributed by atoms with van der Waals surface area (Å²) in [6.07, 6.45) is -0.500.